The van der Waals surface area contributed by atoms with Gasteiger partial charge in [-0.1, -0.05) is 54.9 Å². The first-order valence-electron chi connectivity index (χ1n) is 6.72. The van der Waals surface area contributed by atoms with Crippen molar-refractivity contribution >= 4 is 22.5 Å². The molecule has 0 aliphatic heterocycles. The summed E-state index contributed by atoms with van der Waals surface area (Å²) in [4.78, 5) is 9.19. The first-order chi connectivity index (χ1) is 9.70. The van der Waals surface area contributed by atoms with Crippen molar-refractivity contribution in [2.24, 2.45) is 0 Å². The van der Waals surface area contributed by atoms with E-state index in [0.29, 0.717) is 11.0 Å². The Labute approximate surface area is 123 Å². The Morgan fingerprint density at radius 3 is 2.60 bits per heavy atom. The first-order valence-corrected chi connectivity index (χ1v) is 7.09. The van der Waals surface area contributed by atoms with E-state index in [1.807, 2.05) is 37.3 Å². The molecule has 1 heterocycles. The van der Waals surface area contributed by atoms with Crippen molar-refractivity contribution in [2.45, 2.75) is 20.3 Å². The van der Waals surface area contributed by atoms with Crippen LogP contribution in [0, 0.1) is 6.92 Å². The Kier molecular flexibility index (Phi) is 3.41. The molecule has 0 fully saturated rings. The van der Waals surface area contributed by atoms with Gasteiger partial charge in [-0.15, -0.1) is 0 Å². The van der Waals surface area contributed by atoms with E-state index < -0.39 is 0 Å². The fourth-order valence-electron chi connectivity index (χ4n) is 2.43. The lowest BCUT2D eigenvalue weighted by Crippen LogP contribution is -1.96. The van der Waals surface area contributed by atoms with Gasteiger partial charge in [-0.05, 0) is 30.5 Å². The molecule has 0 unspecified atom stereocenters. The summed E-state index contributed by atoms with van der Waals surface area (Å²) in [5, 5.41) is 1.42. The van der Waals surface area contributed by atoms with Crippen molar-refractivity contribution in [1.29, 1.82) is 0 Å². The Balaban J connectivity index is 2.30. The number of benzene rings is 2. The van der Waals surface area contributed by atoms with Gasteiger partial charge in [0, 0.05) is 10.9 Å². The van der Waals surface area contributed by atoms with Gasteiger partial charge in [0.05, 0.1) is 5.52 Å². The molecule has 0 saturated carbocycles. The number of fused-ring (bicyclic) bond motifs is 1. The van der Waals surface area contributed by atoms with Crippen LogP contribution in [0.25, 0.3) is 22.3 Å². The van der Waals surface area contributed by atoms with E-state index >= 15 is 0 Å². The lowest BCUT2D eigenvalue weighted by molar-refractivity contribution is 1.12. The van der Waals surface area contributed by atoms with Gasteiger partial charge in [0.15, 0.2) is 5.82 Å². The highest BCUT2D eigenvalue weighted by Crippen LogP contribution is 2.28. The third-order valence-corrected chi connectivity index (χ3v) is 3.81. The lowest BCUT2D eigenvalue weighted by atomic mass is 10.0. The summed E-state index contributed by atoms with van der Waals surface area (Å²) < 4.78 is 0. The summed E-state index contributed by atoms with van der Waals surface area (Å²) in [6.45, 7) is 4.17. The van der Waals surface area contributed by atoms with Crippen molar-refractivity contribution in [3.8, 4) is 11.4 Å². The third-order valence-electron chi connectivity index (χ3n) is 3.52. The smallest absolute Gasteiger partial charge is 0.161 e. The zero-order valence-corrected chi connectivity index (χ0v) is 12.3. The van der Waals surface area contributed by atoms with Crippen molar-refractivity contribution in [1.82, 2.24) is 9.97 Å². The zero-order chi connectivity index (χ0) is 14.1. The highest BCUT2D eigenvalue weighted by molar-refractivity contribution is 6.34. The first kappa shape index (κ1) is 13.1. The van der Waals surface area contributed by atoms with Crippen molar-refractivity contribution in [3.63, 3.8) is 0 Å². The monoisotopic (exact) mass is 282 g/mol. The van der Waals surface area contributed by atoms with Gasteiger partial charge >= 0.3 is 0 Å². The largest absolute Gasteiger partial charge is 0.228 e. The number of hydrogen-bond donors (Lipinski definition) is 0. The molecule has 3 rings (SSSR count). The minimum atomic E-state index is 0.514. The van der Waals surface area contributed by atoms with Gasteiger partial charge in [-0.2, -0.15) is 0 Å². The summed E-state index contributed by atoms with van der Waals surface area (Å²) in [5.41, 5.74) is 4.33. The number of para-hydroxylation sites is 1. The molecule has 100 valence electrons. The number of rotatable bonds is 2. The summed E-state index contributed by atoms with van der Waals surface area (Å²) >= 11 is 6.33. The van der Waals surface area contributed by atoms with Crippen LogP contribution in [0.3, 0.4) is 0 Å². The molecule has 0 bridgehead atoms. The molecule has 20 heavy (non-hydrogen) atoms. The molecule has 0 N–H and O–H groups in total. The van der Waals surface area contributed by atoms with E-state index in [0.717, 1.165) is 28.5 Å². The molecule has 1 aromatic heterocycles. The second kappa shape index (κ2) is 5.22. The Hall–Kier alpha value is -1.93. The van der Waals surface area contributed by atoms with Crippen LogP contribution in [-0.2, 0) is 6.42 Å². The van der Waals surface area contributed by atoms with Crippen LogP contribution in [0.1, 0.15) is 18.1 Å². The third kappa shape index (κ3) is 2.16. The Morgan fingerprint density at radius 2 is 1.80 bits per heavy atom. The number of halogens is 1. The van der Waals surface area contributed by atoms with Gasteiger partial charge in [0.25, 0.3) is 0 Å². The topological polar surface area (TPSA) is 25.8 Å². The van der Waals surface area contributed by atoms with E-state index in [2.05, 4.69) is 24.0 Å². The van der Waals surface area contributed by atoms with Crippen LogP contribution in [0.15, 0.2) is 42.5 Å². The molecule has 0 aliphatic carbocycles. The summed E-state index contributed by atoms with van der Waals surface area (Å²) in [6, 6.07) is 14.2. The van der Waals surface area contributed by atoms with Gasteiger partial charge in [-0.3, -0.25) is 0 Å². The van der Waals surface area contributed by atoms with E-state index in [1.54, 1.807) is 0 Å². The Morgan fingerprint density at radius 1 is 1.00 bits per heavy atom. The predicted octanol–water partition coefficient (Wildman–Crippen LogP) is 4.82. The number of aryl methyl sites for hydroxylation is 2. The van der Waals surface area contributed by atoms with Crippen LogP contribution in [-0.4, -0.2) is 9.97 Å². The summed E-state index contributed by atoms with van der Waals surface area (Å²) in [6.07, 6.45) is 0.947. The van der Waals surface area contributed by atoms with Crippen molar-refractivity contribution < 1.29 is 0 Å². The standard InChI is InChI=1S/C17H15ClN2/c1-3-12-8-4-5-9-13(12)17-19-15-11(2)7-6-10-14(15)16(18)20-17/h4-10H,3H2,1-2H3. The molecule has 3 heteroatoms. The minimum Gasteiger partial charge on any atom is -0.228 e. The van der Waals surface area contributed by atoms with E-state index in [1.165, 1.54) is 5.56 Å². The fourth-order valence-corrected chi connectivity index (χ4v) is 2.66. The summed E-state index contributed by atoms with van der Waals surface area (Å²) in [5.74, 6) is 0.703. The van der Waals surface area contributed by atoms with Crippen molar-refractivity contribution in [3.05, 3.63) is 58.7 Å². The number of nitrogens with zero attached hydrogens (tertiary/aromatic N) is 2. The highest BCUT2D eigenvalue weighted by atomic mass is 35.5. The molecule has 0 amide bonds. The van der Waals surface area contributed by atoms with Crippen LogP contribution in [0.4, 0.5) is 0 Å². The Bertz CT molecular complexity index is 781. The maximum atomic E-state index is 6.33. The molecular weight excluding hydrogens is 268 g/mol. The second-order valence-electron chi connectivity index (χ2n) is 4.82. The molecule has 2 aromatic carbocycles. The number of hydrogen-bond acceptors (Lipinski definition) is 2. The van der Waals surface area contributed by atoms with Gasteiger partial charge in [-0.25, -0.2) is 9.97 Å². The van der Waals surface area contributed by atoms with Gasteiger partial charge < -0.3 is 0 Å². The maximum absolute atomic E-state index is 6.33. The number of aromatic nitrogens is 2. The second-order valence-corrected chi connectivity index (χ2v) is 5.18. The van der Waals surface area contributed by atoms with E-state index in [-0.39, 0.29) is 0 Å². The van der Waals surface area contributed by atoms with Gasteiger partial charge in [0.1, 0.15) is 5.15 Å². The van der Waals surface area contributed by atoms with Crippen LogP contribution in [0.2, 0.25) is 5.15 Å². The molecule has 0 atom stereocenters. The summed E-state index contributed by atoms with van der Waals surface area (Å²) in [7, 11) is 0. The normalized spacial score (nSPS) is 10.9. The minimum absolute atomic E-state index is 0.514. The zero-order valence-electron chi connectivity index (χ0n) is 11.5. The lowest BCUT2D eigenvalue weighted by Gasteiger charge is -2.09. The molecule has 0 aliphatic rings. The molecule has 0 spiro atoms. The molecule has 2 nitrogen and oxygen atoms in total. The SMILES string of the molecule is CCc1ccccc1-c1nc(Cl)c2cccc(C)c2n1. The molecule has 3 aromatic rings. The fraction of sp³-hybridized carbons (Fsp3) is 0.176. The van der Waals surface area contributed by atoms with Crippen LogP contribution in [0.5, 0.6) is 0 Å². The average Bonchev–Trinajstić information content (AvgIpc) is 2.48. The van der Waals surface area contributed by atoms with Crippen LogP contribution >= 0.6 is 11.6 Å². The molecule has 0 saturated heterocycles. The van der Waals surface area contributed by atoms with E-state index in [9.17, 15) is 0 Å². The quantitative estimate of drug-likeness (QED) is 0.630. The van der Waals surface area contributed by atoms with Crippen LogP contribution < -0.4 is 0 Å². The molecule has 0 radical (unpaired) electrons. The van der Waals surface area contributed by atoms with E-state index in [4.69, 9.17) is 16.6 Å². The predicted molar refractivity (Wildman–Crippen MR) is 84.1 cm³/mol. The average molecular weight is 283 g/mol. The maximum Gasteiger partial charge on any atom is 0.161 e. The van der Waals surface area contributed by atoms with Crippen molar-refractivity contribution in [2.75, 3.05) is 0 Å². The molecular formula is C17H15ClN2. The highest BCUT2D eigenvalue weighted by Gasteiger charge is 2.11. The van der Waals surface area contributed by atoms with Gasteiger partial charge in [0.2, 0.25) is 0 Å².